The van der Waals surface area contributed by atoms with Gasteiger partial charge in [-0.3, -0.25) is 4.79 Å². The summed E-state index contributed by atoms with van der Waals surface area (Å²) in [7, 11) is 3.91. The third-order valence-corrected chi connectivity index (χ3v) is 2.57. The molecule has 0 aliphatic heterocycles. The summed E-state index contributed by atoms with van der Waals surface area (Å²) < 4.78 is 0. The maximum Gasteiger partial charge on any atom is 0.319 e. The van der Waals surface area contributed by atoms with Crippen LogP contribution in [0, 0.1) is 0 Å². The van der Waals surface area contributed by atoms with E-state index in [2.05, 4.69) is 10.6 Å². The summed E-state index contributed by atoms with van der Waals surface area (Å²) in [6.07, 6.45) is 0. The minimum atomic E-state index is -0.245. The summed E-state index contributed by atoms with van der Waals surface area (Å²) in [5.74, 6) is 0.00982. The van der Waals surface area contributed by atoms with Crippen LogP contribution < -0.4 is 10.6 Å². The van der Waals surface area contributed by atoms with Gasteiger partial charge in [0.25, 0.3) is 0 Å². The summed E-state index contributed by atoms with van der Waals surface area (Å²) in [6, 6.07) is 6.64. The molecule has 0 spiro atoms. The number of urea groups is 1. The number of hydrogen-bond donors (Lipinski definition) is 2. The van der Waals surface area contributed by atoms with Crippen molar-refractivity contribution >= 4 is 17.5 Å². The molecule has 0 heterocycles. The summed E-state index contributed by atoms with van der Waals surface area (Å²) in [4.78, 5) is 24.8. The molecule has 5 heteroatoms. The van der Waals surface area contributed by atoms with Crippen molar-refractivity contribution in [2.75, 3.05) is 26.0 Å². The third kappa shape index (κ3) is 5.52. The monoisotopic (exact) mass is 263 g/mol. The Balaban J connectivity index is 2.50. The Kier molecular flexibility index (Phi) is 5.51. The molecular weight excluding hydrogens is 242 g/mol. The molecule has 5 nitrogen and oxygen atoms in total. The van der Waals surface area contributed by atoms with E-state index in [9.17, 15) is 9.59 Å². The number of anilines is 1. The third-order valence-electron chi connectivity index (χ3n) is 2.57. The second kappa shape index (κ2) is 6.89. The van der Waals surface area contributed by atoms with Crippen LogP contribution in [0.4, 0.5) is 10.5 Å². The molecule has 1 atom stereocenters. The second-order valence-corrected chi connectivity index (χ2v) is 4.90. The summed E-state index contributed by atoms with van der Waals surface area (Å²) >= 11 is 0. The van der Waals surface area contributed by atoms with Gasteiger partial charge in [-0.25, -0.2) is 4.79 Å². The van der Waals surface area contributed by atoms with Gasteiger partial charge in [0.2, 0.25) is 0 Å². The van der Waals surface area contributed by atoms with Crippen molar-refractivity contribution in [3.05, 3.63) is 29.8 Å². The van der Waals surface area contributed by atoms with Crippen LogP contribution in [0.5, 0.6) is 0 Å². The number of benzene rings is 1. The number of nitrogens with zero attached hydrogens (tertiary/aromatic N) is 1. The highest BCUT2D eigenvalue weighted by Crippen LogP contribution is 2.09. The molecule has 0 fully saturated rings. The SMILES string of the molecule is CC(=O)c1ccc(NC(=O)NC(C)CN(C)C)cc1. The van der Waals surface area contributed by atoms with Crippen molar-refractivity contribution in [1.82, 2.24) is 10.2 Å². The Morgan fingerprint density at radius 2 is 1.79 bits per heavy atom. The fraction of sp³-hybridized carbons (Fsp3) is 0.429. The molecule has 104 valence electrons. The predicted molar refractivity (Wildman–Crippen MR) is 76.6 cm³/mol. The topological polar surface area (TPSA) is 61.4 Å². The van der Waals surface area contributed by atoms with Gasteiger partial charge in [0.05, 0.1) is 0 Å². The van der Waals surface area contributed by atoms with Crippen molar-refractivity contribution in [3.63, 3.8) is 0 Å². The Hall–Kier alpha value is -1.88. The van der Waals surface area contributed by atoms with Gasteiger partial charge in [0.1, 0.15) is 0 Å². The molecule has 0 radical (unpaired) electrons. The lowest BCUT2D eigenvalue weighted by Gasteiger charge is -2.18. The lowest BCUT2D eigenvalue weighted by molar-refractivity contribution is 0.101. The lowest BCUT2D eigenvalue weighted by atomic mass is 10.1. The van der Waals surface area contributed by atoms with E-state index < -0.39 is 0 Å². The number of amides is 2. The first kappa shape index (κ1) is 15.2. The predicted octanol–water partition coefficient (Wildman–Crippen LogP) is 1.96. The van der Waals surface area contributed by atoms with E-state index in [4.69, 9.17) is 0 Å². The van der Waals surface area contributed by atoms with Crippen molar-refractivity contribution in [3.8, 4) is 0 Å². The van der Waals surface area contributed by atoms with E-state index in [0.717, 1.165) is 6.54 Å². The van der Waals surface area contributed by atoms with E-state index in [1.54, 1.807) is 24.3 Å². The van der Waals surface area contributed by atoms with Crippen LogP contribution in [-0.4, -0.2) is 43.4 Å². The van der Waals surface area contributed by atoms with Gasteiger partial charge in [-0.15, -0.1) is 0 Å². The lowest BCUT2D eigenvalue weighted by Crippen LogP contribution is -2.41. The van der Waals surface area contributed by atoms with Crippen LogP contribution in [0.2, 0.25) is 0 Å². The number of hydrogen-bond acceptors (Lipinski definition) is 3. The first-order chi connectivity index (χ1) is 8.88. The molecule has 1 rings (SSSR count). The highest BCUT2D eigenvalue weighted by Gasteiger charge is 2.08. The smallest absolute Gasteiger partial charge is 0.319 e. The van der Waals surface area contributed by atoms with E-state index in [0.29, 0.717) is 11.3 Å². The Labute approximate surface area is 114 Å². The summed E-state index contributed by atoms with van der Waals surface area (Å²) in [6.45, 7) is 4.23. The van der Waals surface area contributed by atoms with E-state index >= 15 is 0 Å². The van der Waals surface area contributed by atoms with Gasteiger partial charge in [-0.05, 0) is 52.2 Å². The summed E-state index contributed by atoms with van der Waals surface area (Å²) in [5.41, 5.74) is 1.30. The average Bonchev–Trinajstić information content (AvgIpc) is 2.27. The maximum absolute atomic E-state index is 11.7. The van der Waals surface area contributed by atoms with E-state index in [-0.39, 0.29) is 17.9 Å². The van der Waals surface area contributed by atoms with Gasteiger partial charge in [-0.1, -0.05) is 0 Å². The van der Waals surface area contributed by atoms with Gasteiger partial charge >= 0.3 is 6.03 Å². The number of carbonyl (C=O) groups is 2. The number of nitrogens with one attached hydrogen (secondary N) is 2. The fourth-order valence-corrected chi connectivity index (χ4v) is 1.77. The molecule has 0 aliphatic carbocycles. The number of Topliss-reactive ketones (excluding diaryl/α,β-unsaturated/α-hetero) is 1. The molecule has 0 bridgehead atoms. The standard InChI is InChI=1S/C14H21N3O2/c1-10(9-17(3)4)15-14(19)16-13-7-5-12(6-8-13)11(2)18/h5-8,10H,9H2,1-4H3,(H2,15,16,19). The largest absolute Gasteiger partial charge is 0.334 e. The first-order valence-electron chi connectivity index (χ1n) is 6.21. The number of carbonyl (C=O) groups excluding carboxylic acids is 2. The van der Waals surface area contributed by atoms with Gasteiger partial charge in [-0.2, -0.15) is 0 Å². The van der Waals surface area contributed by atoms with E-state index in [1.807, 2.05) is 25.9 Å². The zero-order valence-corrected chi connectivity index (χ0v) is 11.9. The molecule has 19 heavy (non-hydrogen) atoms. The molecular formula is C14H21N3O2. The molecule has 0 aliphatic rings. The van der Waals surface area contributed by atoms with Crippen LogP contribution in [-0.2, 0) is 0 Å². The van der Waals surface area contributed by atoms with Gasteiger partial charge in [0.15, 0.2) is 5.78 Å². The summed E-state index contributed by atoms with van der Waals surface area (Å²) in [5, 5.41) is 5.57. The molecule has 2 amide bonds. The van der Waals surface area contributed by atoms with Crippen molar-refractivity contribution in [2.24, 2.45) is 0 Å². The first-order valence-corrected chi connectivity index (χ1v) is 6.21. The molecule has 0 saturated carbocycles. The zero-order valence-electron chi connectivity index (χ0n) is 11.9. The quantitative estimate of drug-likeness (QED) is 0.798. The van der Waals surface area contributed by atoms with Crippen molar-refractivity contribution in [2.45, 2.75) is 19.9 Å². The Morgan fingerprint density at radius 3 is 2.26 bits per heavy atom. The van der Waals surface area contributed by atoms with Crippen molar-refractivity contribution in [1.29, 1.82) is 0 Å². The molecule has 1 aromatic rings. The van der Waals surface area contributed by atoms with Crippen molar-refractivity contribution < 1.29 is 9.59 Å². The average molecular weight is 263 g/mol. The number of ketones is 1. The zero-order chi connectivity index (χ0) is 14.4. The van der Waals surface area contributed by atoms with E-state index in [1.165, 1.54) is 6.92 Å². The highest BCUT2D eigenvalue weighted by atomic mass is 16.2. The number of likely N-dealkylation sites (N-methyl/N-ethyl adjacent to an activating group) is 1. The molecule has 2 N–H and O–H groups in total. The minimum Gasteiger partial charge on any atom is -0.334 e. The highest BCUT2D eigenvalue weighted by molar-refractivity contribution is 5.95. The van der Waals surface area contributed by atoms with Crippen LogP contribution in [0.1, 0.15) is 24.2 Å². The molecule has 1 aromatic carbocycles. The Morgan fingerprint density at radius 1 is 1.21 bits per heavy atom. The normalized spacial score (nSPS) is 12.1. The molecule has 0 saturated heterocycles. The second-order valence-electron chi connectivity index (χ2n) is 4.90. The van der Waals surface area contributed by atoms with Crippen LogP contribution in [0.3, 0.4) is 0 Å². The number of rotatable bonds is 5. The maximum atomic E-state index is 11.7. The molecule has 1 unspecified atom stereocenters. The minimum absolute atomic E-state index is 0.00982. The van der Waals surface area contributed by atoms with Gasteiger partial charge < -0.3 is 15.5 Å². The van der Waals surface area contributed by atoms with Crippen LogP contribution in [0.15, 0.2) is 24.3 Å². The van der Waals surface area contributed by atoms with Crippen LogP contribution in [0.25, 0.3) is 0 Å². The van der Waals surface area contributed by atoms with Gasteiger partial charge in [0, 0.05) is 23.8 Å². The Bertz CT molecular complexity index is 441. The van der Waals surface area contributed by atoms with Crippen LogP contribution >= 0.6 is 0 Å². The fourth-order valence-electron chi connectivity index (χ4n) is 1.77. The molecule has 0 aromatic heterocycles.